The molecule has 152 valence electrons. The lowest BCUT2D eigenvalue weighted by Crippen LogP contribution is -2.48. The van der Waals surface area contributed by atoms with Crippen molar-refractivity contribution in [2.75, 3.05) is 0 Å². The van der Waals surface area contributed by atoms with Gasteiger partial charge in [-0.25, -0.2) is 4.79 Å². The van der Waals surface area contributed by atoms with Crippen molar-refractivity contribution in [1.29, 1.82) is 0 Å². The van der Waals surface area contributed by atoms with E-state index in [9.17, 15) is 14.4 Å². The van der Waals surface area contributed by atoms with E-state index in [0.29, 0.717) is 11.5 Å². The average molecular weight is 395 g/mol. The number of carbonyl (C=O) groups excluding carboxylic acids is 3. The molecule has 1 aromatic carbocycles. The van der Waals surface area contributed by atoms with Gasteiger partial charge in [-0.15, -0.1) is 0 Å². The van der Waals surface area contributed by atoms with Crippen LogP contribution in [0.3, 0.4) is 0 Å². The number of urea groups is 1. The van der Waals surface area contributed by atoms with Crippen LogP contribution in [0.1, 0.15) is 68.2 Å². The SMILES string of the molecule is CC1(c2ccccc2)NC(=O)N(NC(=O)c2cc(C3CC3)n(C(C)(C)C)n2)C1=O. The number of imide groups is 1. The first kappa shape index (κ1) is 19.2. The molecule has 1 aromatic heterocycles. The molecule has 1 unspecified atom stereocenters. The number of hydrogen-bond acceptors (Lipinski definition) is 4. The van der Waals surface area contributed by atoms with E-state index in [1.54, 1.807) is 37.3 Å². The number of hydrogen-bond donors (Lipinski definition) is 2. The number of nitrogens with one attached hydrogen (secondary N) is 2. The van der Waals surface area contributed by atoms with Crippen molar-refractivity contribution in [3.05, 3.63) is 53.3 Å². The highest BCUT2D eigenvalue weighted by molar-refractivity contribution is 6.09. The molecule has 2 N–H and O–H groups in total. The summed E-state index contributed by atoms with van der Waals surface area (Å²) in [4.78, 5) is 38.2. The molecule has 0 bridgehead atoms. The second kappa shape index (κ2) is 6.43. The summed E-state index contributed by atoms with van der Waals surface area (Å²) in [5.41, 5.74) is 2.75. The molecular weight excluding hydrogens is 370 g/mol. The maximum Gasteiger partial charge on any atom is 0.344 e. The van der Waals surface area contributed by atoms with Gasteiger partial charge in [0.25, 0.3) is 11.8 Å². The monoisotopic (exact) mass is 395 g/mol. The fourth-order valence-electron chi connectivity index (χ4n) is 3.58. The largest absolute Gasteiger partial charge is 0.344 e. The summed E-state index contributed by atoms with van der Waals surface area (Å²) in [6.07, 6.45) is 2.15. The van der Waals surface area contributed by atoms with E-state index in [0.717, 1.165) is 23.5 Å². The molecule has 1 saturated heterocycles. The summed E-state index contributed by atoms with van der Waals surface area (Å²) in [5, 5.41) is 7.87. The molecule has 2 fully saturated rings. The number of nitrogens with zero attached hydrogens (tertiary/aromatic N) is 3. The Labute approximate surface area is 169 Å². The highest BCUT2D eigenvalue weighted by Crippen LogP contribution is 2.41. The Kier molecular flexibility index (Phi) is 4.25. The average Bonchev–Trinajstić information content (AvgIpc) is 3.37. The van der Waals surface area contributed by atoms with Crippen LogP contribution in [0.5, 0.6) is 0 Å². The van der Waals surface area contributed by atoms with Crippen LogP contribution in [-0.2, 0) is 15.9 Å². The number of amides is 4. The molecule has 1 aliphatic carbocycles. The third-order valence-electron chi connectivity index (χ3n) is 5.36. The molecule has 0 radical (unpaired) electrons. The summed E-state index contributed by atoms with van der Waals surface area (Å²) in [7, 11) is 0. The molecule has 4 amide bonds. The third-order valence-corrected chi connectivity index (χ3v) is 5.36. The second-order valence-corrected chi connectivity index (χ2v) is 8.81. The Morgan fingerprint density at radius 1 is 1.21 bits per heavy atom. The van der Waals surface area contributed by atoms with Gasteiger partial charge in [0.2, 0.25) is 0 Å². The highest BCUT2D eigenvalue weighted by atomic mass is 16.2. The van der Waals surface area contributed by atoms with Crippen LogP contribution in [0.25, 0.3) is 0 Å². The van der Waals surface area contributed by atoms with Gasteiger partial charge >= 0.3 is 6.03 Å². The van der Waals surface area contributed by atoms with Crippen LogP contribution in [0.4, 0.5) is 4.79 Å². The summed E-state index contributed by atoms with van der Waals surface area (Å²) in [6, 6.07) is 10.0. The fraction of sp³-hybridized carbons (Fsp3) is 0.429. The first-order valence-electron chi connectivity index (χ1n) is 9.75. The van der Waals surface area contributed by atoms with E-state index in [2.05, 4.69) is 15.8 Å². The molecule has 2 aliphatic rings. The van der Waals surface area contributed by atoms with E-state index in [-0.39, 0.29) is 11.2 Å². The zero-order chi connectivity index (χ0) is 21.0. The zero-order valence-electron chi connectivity index (χ0n) is 17.0. The van der Waals surface area contributed by atoms with Gasteiger partial charge in [-0.05, 0) is 52.2 Å². The van der Waals surface area contributed by atoms with Crippen LogP contribution < -0.4 is 10.7 Å². The van der Waals surface area contributed by atoms with Crippen molar-refractivity contribution in [3.8, 4) is 0 Å². The quantitative estimate of drug-likeness (QED) is 0.778. The fourth-order valence-corrected chi connectivity index (χ4v) is 3.58. The summed E-state index contributed by atoms with van der Waals surface area (Å²) >= 11 is 0. The Hall–Kier alpha value is -3.16. The van der Waals surface area contributed by atoms with Crippen molar-refractivity contribution < 1.29 is 14.4 Å². The van der Waals surface area contributed by atoms with E-state index >= 15 is 0 Å². The Morgan fingerprint density at radius 3 is 2.45 bits per heavy atom. The van der Waals surface area contributed by atoms with Gasteiger partial charge in [0.15, 0.2) is 5.69 Å². The van der Waals surface area contributed by atoms with Gasteiger partial charge in [-0.3, -0.25) is 19.7 Å². The van der Waals surface area contributed by atoms with Crippen LogP contribution in [0.15, 0.2) is 36.4 Å². The first-order valence-corrected chi connectivity index (χ1v) is 9.75. The smallest absolute Gasteiger partial charge is 0.318 e. The first-order chi connectivity index (χ1) is 13.6. The topological polar surface area (TPSA) is 96.3 Å². The summed E-state index contributed by atoms with van der Waals surface area (Å²) in [5.74, 6) is -0.725. The molecule has 1 atom stereocenters. The van der Waals surface area contributed by atoms with E-state index in [1.165, 1.54) is 0 Å². The normalized spacial score (nSPS) is 22.0. The van der Waals surface area contributed by atoms with Crippen LogP contribution >= 0.6 is 0 Å². The molecule has 29 heavy (non-hydrogen) atoms. The molecule has 8 nitrogen and oxygen atoms in total. The molecule has 1 saturated carbocycles. The molecular formula is C21H25N5O3. The van der Waals surface area contributed by atoms with Gasteiger partial charge in [0.05, 0.1) is 5.54 Å². The van der Waals surface area contributed by atoms with Gasteiger partial charge in [-0.1, -0.05) is 30.3 Å². The Balaban J connectivity index is 1.58. The van der Waals surface area contributed by atoms with E-state index in [1.807, 2.05) is 31.5 Å². The lowest BCUT2D eigenvalue weighted by Gasteiger charge is -2.22. The number of hydrazine groups is 1. The lowest BCUT2D eigenvalue weighted by atomic mass is 9.92. The Bertz CT molecular complexity index is 987. The molecule has 2 heterocycles. The number of aromatic nitrogens is 2. The van der Waals surface area contributed by atoms with E-state index < -0.39 is 23.4 Å². The zero-order valence-corrected chi connectivity index (χ0v) is 17.0. The molecule has 4 rings (SSSR count). The minimum absolute atomic E-state index is 0.190. The van der Waals surface area contributed by atoms with Gasteiger partial charge in [0.1, 0.15) is 5.54 Å². The van der Waals surface area contributed by atoms with Crippen molar-refractivity contribution in [1.82, 2.24) is 25.5 Å². The molecule has 8 heteroatoms. The minimum Gasteiger partial charge on any atom is -0.318 e. The lowest BCUT2D eigenvalue weighted by molar-refractivity contribution is -0.132. The summed E-state index contributed by atoms with van der Waals surface area (Å²) < 4.78 is 1.86. The minimum atomic E-state index is -1.24. The van der Waals surface area contributed by atoms with Crippen LogP contribution in [0, 0.1) is 0 Å². The predicted octanol–water partition coefficient (Wildman–Crippen LogP) is 2.63. The maximum atomic E-state index is 13.0. The molecule has 1 aliphatic heterocycles. The van der Waals surface area contributed by atoms with Gasteiger partial charge in [0, 0.05) is 11.6 Å². The molecule has 0 spiro atoms. The van der Waals surface area contributed by atoms with Crippen LogP contribution in [-0.4, -0.2) is 32.6 Å². The van der Waals surface area contributed by atoms with Crippen molar-refractivity contribution in [2.45, 2.75) is 57.5 Å². The van der Waals surface area contributed by atoms with Crippen molar-refractivity contribution in [3.63, 3.8) is 0 Å². The van der Waals surface area contributed by atoms with Crippen molar-refractivity contribution >= 4 is 17.8 Å². The van der Waals surface area contributed by atoms with E-state index in [4.69, 9.17) is 0 Å². The number of carbonyl (C=O) groups is 3. The molecule has 2 aromatic rings. The number of benzene rings is 1. The van der Waals surface area contributed by atoms with Gasteiger partial charge < -0.3 is 5.32 Å². The van der Waals surface area contributed by atoms with Gasteiger partial charge in [-0.2, -0.15) is 10.1 Å². The van der Waals surface area contributed by atoms with Crippen molar-refractivity contribution in [2.24, 2.45) is 0 Å². The standard InChI is InChI=1S/C21H25N5O3/c1-20(2,3)26-16(13-10-11-13)12-15(23-26)17(27)24-25-18(28)21(4,22-19(25)29)14-8-6-5-7-9-14/h5-9,12-13H,10-11H2,1-4H3,(H,22,29)(H,24,27). The number of rotatable bonds is 4. The second-order valence-electron chi connectivity index (χ2n) is 8.81. The Morgan fingerprint density at radius 2 is 1.86 bits per heavy atom. The summed E-state index contributed by atoms with van der Waals surface area (Å²) in [6.45, 7) is 7.69. The third kappa shape index (κ3) is 3.28. The maximum absolute atomic E-state index is 13.0. The van der Waals surface area contributed by atoms with Crippen LogP contribution in [0.2, 0.25) is 0 Å². The predicted molar refractivity (Wildman–Crippen MR) is 106 cm³/mol. The highest BCUT2D eigenvalue weighted by Gasteiger charge is 2.50.